The topological polar surface area (TPSA) is 174 Å². The van der Waals surface area contributed by atoms with Crippen LogP contribution in [0.1, 0.15) is 43.7 Å². The Morgan fingerprint density at radius 1 is 0.972 bits per heavy atom. The molecule has 2 heterocycles. The zero-order chi connectivity index (χ0) is 26.0. The summed E-state index contributed by atoms with van der Waals surface area (Å²) in [5.74, 6) is -3.59. The van der Waals surface area contributed by atoms with E-state index in [9.17, 15) is 32.4 Å². The molecule has 1 saturated carbocycles. The number of hydrogen-bond donors (Lipinski definition) is 3. The first-order chi connectivity index (χ1) is 17.1. The summed E-state index contributed by atoms with van der Waals surface area (Å²) < 4.78 is 31.5. The minimum absolute atomic E-state index is 0.0226. The molecule has 0 bridgehead atoms. The molecule has 2 saturated heterocycles. The van der Waals surface area contributed by atoms with Crippen LogP contribution in [0.3, 0.4) is 0 Å². The van der Waals surface area contributed by atoms with Crippen LogP contribution in [0.25, 0.3) is 0 Å². The lowest BCUT2D eigenvalue weighted by Crippen LogP contribution is -2.66. The van der Waals surface area contributed by atoms with Crippen molar-refractivity contribution >= 4 is 40.0 Å². The van der Waals surface area contributed by atoms with E-state index in [1.807, 2.05) is 0 Å². The number of amides is 6. The number of urea groups is 1. The number of imide groups is 1. The minimum Gasteiger partial charge on any atom is -0.341 e. The largest absolute Gasteiger partial charge is 0.362 e. The molecular weight excluding hydrogens is 494 g/mol. The molecule has 194 valence electrons. The molecule has 36 heavy (non-hydrogen) atoms. The number of benzene rings is 1. The second kappa shape index (κ2) is 10.2. The highest BCUT2D eigenvalue weighted by Gasteiger charge is 2.46. The molecule has 14 heteroatoms. The van der Waals surface area contributed by atoms with Crippen LogP contribution in [0.5, 0.6) is 0 Å². The van der Waals surface area contributed by atoms with Gasteiger partial charge in [0, 0.05) is 19.1 Å². The third-order valence-corrected chi connectivity index (χ3v) is 7.55. The molecule has 0 spiro atoms. The highest BCUT2D eigenvalue weighted by Crippen LogP contribution is 2.25. The molecule has 1 aromatic carbocycles. The standard InChI is InChI=1S/C22H27N5O8S/c28-18(23-16-13-27(19(16)29)36(33,34)35)17(14-7-3-1-4-8-14)24-22(32)26-12-11-25(20(30)21(26)31)15-9-5-2-6-10-15/h1,3-4,7-8,15-17H,2,5-6,9-13H2,(H,23,28)(H,24,32)(H,33,34,35). The molecule has 1 aliphatic carbocycles. The molecule has 3 fully saturated rings. The molecule has 2 atom stereocenters. The Kier molecular flexibility index (Phi) is 7.26. The smallest absolute Gasteiger partial charge is 0.341 e. The lowest BCUT2D eigenvalue weighted by atomic mass is 9.93. The van der Waals surface area contributed by atoms with Crippen molar-refractivity contribution in [3.63, 3.8) is 0 Å². The van der Waals surface area contributed by atoms with Gasteiger partial charge in [-0.15, -0.1) is 0 Å². The molecule has 2 aliphatic heterocycles. The number of hydrogen-bond acceptors (Lipinski definition) is 7. The van der Waals surface area contributed by atoms with E-state index in [1.54, 1.807) is 30.3 Å². The lowest BCUT2D eigenvalue weighted by Gasteiger charge is -2.39. The zero-order valence-electron chi connectivity index (χ0n) is 19.3. The zero-order valence-corrected chi connectivity index (χ0v) is 20.1. The second-order valence-electron chi connectivity index (χ2n) is 8.95. The molecule has 13 nitrogen and oxygen atoms in total. The number of rotatable bonds is 6. The molecule has 3 N–H and O–H groups in total. The van der Waals surface area contributed by atoms with Crippen LogP contribution in [-0.2, 0) is 29.5 Å². The lowest BCUT2D eigenvalue weighted by molar-refractivity contribution is -0.156. The van der Waals surface area contributed by atoms with Crippen molar-refractivity contribution in [3.8, 4) is 0 Å². The van der Waals surface area contributed by atoms with Crippen molar-refractivity contribution in [2.24, 2.45) is 0 Å². The highest BCUT2D eigenvalue weighted by atomic mass is 32.2. The summed E-state index contributed by atoms with van der Waals surface area (Å²) in [7, 11) is -4.73. The molecule has 0 radical (unpaired) electrons. The van der Waals surface area contributed by atoms with Crippen molar-refractivity contribution in [2.45, 2.75) is 50.2 Å². The van der Waals surface area contributed by atoms with Crippen molar-refractivity contribution in [3.05, 3.63) is 35.9 Å². The fraction of sp³-hybridized carbons (Fsp3) is 0.500. The van der Waals surface area contributed by atoms with Crippen LogP contribution in [-0.4, -0.2) is 88.5 Å². The van der Waals surface area contributed by atoms with E-state index in [2.05, 4.69) is 10.6 Å². The first-order valence-corrected chi connectivity index (χ1v) is 13.0. The van der Waals surface area contributed by atoms with Gasteiger partial charge in [0.2, 0.25) is 5.91 Å². The van der Waals surface area contributed by atoms with Gasteiger partial charge < -0.3 is 15.5 Å². The van der Waals surface area contributed by atoms with Gasteiger partial charge in [-0.1, -0.05) is 49.6 Å². The van der Waals surface area contributed by atoms with Gasteiger partial charge in [-0.2, -0.15) is 8.42 Å². The Hall–Kier alpha value is -3.52. The molecule has 6 amide bonds. The van der Waals surface area contributed by atoms with Crippen molar-refractivity contribution in [2.75, 3.05) is 19.6 Å². The first kappa shape index (κ1) is 25.6. The van der Waals surface area contributed by atoms with E-state index in [4.69, 9.17) is 4.55 Å². The summed E-state index contributed by atoms with van der Waals surface area (Å²) in [5.41, 5.74) is 0.335. The maximum atomic E-state index is 13.0. The number of β-lactam (4-membered cyclic amide) rings is 1. The predicted octanol–water partition coefficient (Wildman–Crippen LogP) is -0.429. The summed E-state index contributed by atoms with van der Waals surface area (Å²) in [6, 6.07) is 4.49. The maximum Gasteiger partial charge on any atom is 0.362 e. The fourth-order valence-electron chi connectivity index (χ4n) is 4.70. The molecule has 4 rings (SSSR count). The molecule has 0 aromatic heterocycles. The number of piperazine rings is 1. The van der Waals surface area contributed by atoms with E-state index < -0.39 is 58.6 Å². The van der Waals surface area contributed by atoms with Crippen LogP contribution in [0, 0.1) is 0 Å². The SMILES string of the molecule is O=C(NC1CN(S(=O)(=O)O)C1=O)C(NC(=O)N1CCN(C2CCCCC2)C(=O)C1=O)c1ccccc1. The quantitative estimate of drug-likeness (QED) is 0.257. The Bertz CT molecular complexity index is 1170. The number of carbonyl (C=O) groups is 5. The summed E-state index contributed by atoms with van der Waals surface area (Å²) in [5, 5.41) is 4.79. The summed E-state index contributed by atoms with van der Waals surface area (Å²) >= 11 is 0. The van der Waals surface area contributed by atoms with E-state index in [0.717, 1.165) is 37.0 Å². The molecular formula is C22H27N5O8S. The van der Waals surface area contributed by atoms with Gasteiger partial charge >= 0.3 is 28.1 Å². The maximum absolute atomic E-state index is 13.0. The number of nitrogens with zero attached hydrogens (tertiary/aromatic N) is 3. The highest BCUT2D eigenvalue weighted by molar-refractivity contribution is 7.84. The monoisotopic (exact) mass is 521 g/mol. The van der Waals surface area contributed by atoms with E-state index in [0.29, 0.717) is 5.56 Å². The van der Waals surface area contributed by atoms with Crippen LogP contribution < -0.4 is 10.6 Å². The molecule has 3 aliphatic rings. The minimum atomic E-state index is -4.73. The van der Waals surface area contributed by atoms with Gasteiger partial charge in [0.1, 0.15) is 12.1 Å². The van der Waals surface area contributed by atoms with E-state index >= 15 is 0 Å². The van der Waals surface area contributed by atoms with Crippen LogP contribution in [0.2, 0.25) is 0 Å². The molecule has 1 aromatic rings. The van der Waals surface area contributed by atoms with Gasteiger partial charge in [0.25, 0.3) is 5.91 Å². The normalized spacial score (nSPS) is 22.2. The third kappa shape index (κ3) is 5.18. The number of nitrogens with one attached hydrogen (secondary N) is 2. The summed E-state index contributed by atoms with van der Waals surface area (Å²) in [6.45, 7) is -0.289. The van der Waals surface area contributed by atoms with Crippen molar-refractivity contribution in [1.82, 2.24) is 24.7 Å². The summed E-state index contributed by atoms with van der Waals surface area (Å²) in [4.78, 5) is 65.8. The van der Waals surface area contributed by atoms with E-state index in [-0.39, 0.29) is 23.4 Å². The molecule has 2 unspecified atom stereocenters. The summed E-state index contributed by atoms with van der Waals surface area (Å²) in [6.07, 6.45) is 4.68. The third-order valence-electron chi connectivity index (χ3n) is 6.66. The predicted molar refractivity (Wildman–Crippen MR) is 123 cm³/mol. The average Bonchev–Trinajstić information content (AvgIpc) is 2.86. The van der Waals surface area contributed by atoms with Gasteiger partial charge in [-0.25, -0.2) is 9.10 Å². The van der Waals surface area contributed by atoms with E-state index in [1.165, 1.54) is 4.90 Å². The second-order valence-corrected chi connectivity index (χ2v) is 10.3. The fourth-order valence-corrected chi connectivity index (χ4v) is 5.39. The number of carbonyl (C=O) groups excluding carboxylic acids is 5. The Morgan fingerprint density at radius 2 is 1.64 bits per heavy atom. The van der Waals surface area contributed by atoms with Gasteiger partial charge in [0.05, 0.1) is 6.54 Å². The Labute approximate surface area is 207 Å². The average molecular weight is 522 g/mol. The van der Waals surface area contributed by atoms with Crippen LogP contribution in [0.4, 0.5) is 4.79 Å². The van der Waals surface area contributed by atoms with Crippen LogP contribution in [0.15, 0.2) is 30.3 Å². The van der Waals surface area contributed by atoms with Crippen molar-refractivity contribution < 1.29 is 36.9 Å². The van der Waals surface area contributed by atoms with Gasteiger partial charge in [-0.3, -0.25) is 28.6 Å². The van der Waals surface area contributed by atoms with Gasteiger partial charge in [0.15, 0.2) is 0 Å². The van der Waals surface area contributed by atoms with Crippen LogP contribution >= 0.6 is 0 Å². The Morgan fingerprint density at radius 3 is 2.25 bits per heavy atom. The van der Waals surface area contributed by atoms with Gasteiger partial charge in [-0.05, 0) is 18.4 Å². The van der Waals surface area contributed by atoms with Crippen molar-refractivity contribution in [1.29, 1.82) is 0 Å². The first-order valence-electron chi connectivity index (χ1n) is 11.6. The Balaban J connectivity index is 1.44.